The minimum Gasteiger partial charge on any atom is -0.369 e. The maximum atomic E-state index is 4.42. The van der Waals surface area contributed by atoms with E-state index >= 15 is 0 Å². The first-order valence-electron chi connectivity index (χ1n) is 6.48. The zero-order chi connectivity index (χ0) is 12.5. The van der Waals surface area contributed by atoms with Gasteiger partial charge in [-0.25, -0.2) is 5.32 Å². The minimum atomic E-state index is 0.204. The Morgan fingerprint density at radius 2 is 1.76 bits per heavy atom. The second-order valence-electron chi connectivity index (χ2n) is 5.93. The summed E-state index contributed by atoms with van der Waals surface area (Å²) in [6, 6.07) is 6.83. The molecule has 17 heavy (non-hydrogen) atoms. The van der Waals surface area contributed by atoms with Crippen LogP contribution in [0.3, 0.4) is 0 Å². The van der Waals surface area contributed by atoms with Gasteiger partial charge in [0, 0.05) is 31.9 Å². The van der Waals surface area contributed by atoms with Crippen molar-refractivity contribution in [1.82, 2.24) is 5.32 Å². The van der Waals surface area contributed by atoms with E-state index in [4.69, 9.17) is 0 Å². The van der Waals surface area contributed by atoms with E-state index in [1.807, 2.05) is 0 Å². The van der Waals surface area contributed by atoms with Crippen LogP contribution in [0.1, 0.15) is 31.9 Å². The van der Waals surface area contributed by atoms with Crippen molar-refractivity contribution in [2.45, 2.75) is 33.1 Å². The molecule has 1 aliphatic heterocycles. The van der Waals surface area contributed by atoms with Gasteiger partial charge in [-0.15, -0.1) is 0 Å². The van der Waals surface area contributed by atoms with E-state index in [9.17, 15) is 0 Å². The average molecular weight is 231 g/mol. The van der Waals surface area contributed by atoms with Crippen LogP contribution < -0.4 is 10.2 Å². The fourth-order valence-corrected chi connectivity index (χ4v) is 2.37. The molecule has 1 heterocycles. The number of anilines is 1. The van der Waals surface area contributed by atoms with Crippen molar-refractivity contribution in [2.75, 3.05) is 31.1 Å². The molecule has 2 rings (SSSR count). The van der Waals surface area contributed by atoms with E-state index in [1.54, 1.807) is 0 Å². The molecule has 1 radical (unpaired) electrons. The van der Waals surface area contributed by atoms with Crippen molar-refractivity contribution in [3.8, 4) is 0 Å². The predicted molar refractivity (Wildman–Crippen MR) is 74.0 cm³/mol. The van der Waals surface area contributed by atoms with Gasteiger partial charge in [0.25, 0.3) is 0 Å². The lowest BCUT2D eigenvalue weighted by atomic mass is 9.84. The Hall–Kier alpha value is -1.02. The zero-order valence-electron chi connectivity index (χ0n) is 11.5. The van der Waals surface area contributed by atoms with Crippen LogP contribution >= 0.6 is 0 Å². The van der Waals surface area contributed by atoms with Gasteiger partial charge in [0.05, 0.1) is 0 Å². The van der Waals surface area contributed by atoms with E-state index in [2.05, 4.69) is 56.1 Å². The second kappa shape index (κ2) is 4.69. The highest BCUT2D eigenvalue weighted by atomic mass is 15.2. The number of aryl methyl sites for hydroxylation is 1. The molecule has 2 nitrogen and oxygen atoms in total. The van der Waals surface area contributed by atoms with Gasteiger partial charge in [0.15, 0.2) is 0 Å². The van der Waals surface area contributed by atoms with E-state index in [1.165, 1.54) is 16.8 Å². The fourth-order valence-electron chi connectivity index (χ4n) is 2.37. The molecule has 1 aliphatic rings. The quantitative estimate of drug-likeness (QED) is 0.726. The molecule has 1 saturated heterocycles. The molecule has 0 aliphatic carbocycles. The van der Waals surface area contributed by atoms with E-state index < -0.39 is 0 Å². The number of nitrogens with zero attached hydrogens (tertiary/aromatic N) is 2. The summed E-state index contributed by atoms with van der Waals surface area (Å²) in [7, 11) is 0. The van der Waals surface area contributed by atoms with Crippen molar-refractivity contribution >= 4 is 5.69 Å². The molecule has 0 atom stereocenters. The first-order valence-corrected chi connectivity index (χ1v) is 6.48. The third-order valence-corrected chi connectivity index (χ3v) is 3.36. The summed E-state index contributed by atoms with van der Waals surface area (Å²) in [6.45, 7) is 13.1. The average Bonchev–Trinajstić information content (AvgIpc) is 2.29. The van der Waals surface area contributed by atoms with Gasteiger partial charge in [0.2, 0.25) is 0 Å². The predicted octanol–water partition coefficient (Wildman–Crippen LogP) is 2.72. The summed E-state index contributed by atoms with van der Waals surface area (Å²) in [5.74, 6) is 0. The topological polar surface area (TPSA) is 17.3 Å². The molecule has 0 N–H and O–H groups in total. The van der Waals surface area contributed by atoms with Gasteiger partial charge < -0.3 is 4.90 Å². The Kier molecular flexibility index (Phi) is 3.43. The first kappa shape index (κ1) is 12.4. The largest absolute Gasteiger partial charge is 0.369 e. The van der Waals surface area contributed by atoms with Crippen LogP contribution in [0.4, 0.5) is 5.69 Å². The molecule has 2 heteroatoms. The van der Waals surface area contributed by atoms with Crippen molar-refractivity contribution < 1.29 is 0 Å². The van der Waals surface area contributed by atoms with Crippen molar-refractivity contribution in [3.63, 3.8) is 0 Å². The Bertz CT molecular complexity index is 384. The third-order valence-electron chi connectivity index (χ3n) is 3.36. The molecule has 1 aromatic rings. The summed E-state index contributed by atoms with van der Waals surface area (Å²) in [4.78, 5) is 2.48. The highest BCUT2D eigenvalue weighted by Crippen LogP contribution is 2.33. The molecular formula is C15H23N2. The monoisotopic (exact) mass is 231 g/mol. The van der Waals surface area contributed by atoms with Gasteiger partial charge in [-0.2, -0.15) is 0 Å². The Morgan fingerprint density at radius 1 is 1.12 bits per heavy atom. The Labute approximate surface area is 105 Å². The second-order valence-corrected chi connectivity index (χ2v) is 5.93. The summed E-state index contributed by atoms with van der Waals surface area (Å²) < 4.78 is 0. The molecule has 0 bridgehead atoms. The number of benzene rings is 1. The maximum Gasteiger partial charge on any atom is 0.0405 e. The van der Waals surface area contributed by atoms with Gasteiger partial charge in [-0.1, -0.05) is 38.5 Å². The van der Waals surface area contributed by atoms with Crippen molar-refractivity contribution in [1.29, 1.82) is 0 Å². The first-order chi connectivity index (χ1) is 7.98. The third kappa shape index (κ3) is 2.81. The highest BCUT2D eigenvalue weighted by Gasteiger charge is 2.22. The summed E-state index contributed by atoms with van der Waals surface area (Å²) in [5.41, 5.74) is 4.41. The minimum absolute atomic E-state index is 0.204. The number of piperazine rings is 1. The van der Waals surface area contributed by atoms with Crippen LogP contribution in [-0.2, 0) is 5.41 Å². The van der Waals surface area contributed by atoms with E-state index in [-0.39, 0.29) is 5.41 Å². The normalized spacial score (nSPS) is 17.3. The van der Waals surface area contributed by atoms with Crippen molar-refractivity contribution in [3.05, 3.63) is 29.3 Å². The standard InChI is InChI=1S/C15H23N2/c1-12-5-6-14(13(11-12)15(2,3)4)17-9-7-16-8-10-17/h5-6,11H,7-10H2,1-4H3. The Morgan fingerprint density at radius 3 is 2.35 bits per heavy atom. The molecule has 0 saturated carbocycles. The molecule has 0 amide bonds. The van der Waals surface area contributed by atoms with Crippen LogP contribution in [0.2, 0.25) is 0 Å². The van der Waals surface area contributed by atoms with Crippen LogP contribution in [0, 0.1) is 6.92 Å². The summed E-state index contributed by atoms with van der Waals surface area (Å²) in [6.07, 6.45) is 0. The van der Waals surface area contributed by atoms with Gasteiger partial charge >= 0.3 is 0 Å². The summed E-state index contributed by atoms with van der Waals surface area (Å²) >= 11 is 0. The molecule has 93 valence electrons. The molecule has 1 fully saturated rings. The van der Waals surface area contributed by atoms with Crippen LogP contribution in [0.5, 0.6) is 0 Å². The lowest BCUT2D eigenvalue weighted by Gasteiger charge is -2.34. The highest BCUT2D eigenvalue weighted by molar-refractivity contribution is 5.58. The van der Waals surface area contributed by atoms with Crippen molar-refractivity contribution in [2.24, 2.45) is 0 Å². The van der Waals surface area contributed by atoms with Gasteiger partial charge in [0.1, 0.15) is 0 Å². The molecule has 0 spiro atoms. The van der Waals surface area contributed by atoms with Crippen LogP contribution in [0.25, 0.3) is 0 Å². The number of hydrogen-bond donors (Lipinski definition) is 0. The number of rotatable bonds is 1. The fraction of sp³-hybridized carbons (Fsp3) is 0.600. The summed E-state index contributed by atoms with van der Waals surface area (Å²) in [5, 5.41) is 4.42. The smallest absolute Gasteiger partial charge is 0.0405 e. The Balaban J connectivity index is 2.38. The maximum absolute atomic E-state index is 4.42. The van der Waals surface area contributed by atoms with Gasteiger partial charge in [-0.3, -0.25) is 0 Å². The zero-order valence-corrected chi connectivity index (χ0v) is 11.5. The molecular weight excluding hydrogens is 208 g/mol. The van der Waals surface area contributed by atoms with E-state index in [0.717, 1.165) is 26.2 Å². The van der Waals surface area contributed by atoms with E-state index in [0.29, 0.717) is 0 Å². The van der Waals surface area contributed by atoms with Crippen LogP contribution in [0.15, 0.2) is 18.2 Å². The molecule has 0 unspecified atom stereocenters. The SMILES string of the molecule is Cc1ccc(N2CC[N]CC2)c(C(C)(C)C)c1. The van der Waals surface area contributed by atoms with Crippen LogP contribution in [-0.4, -0.2) is 26.2 Å². The number of hydrogen-bond acceptors (Lipinski definition) is 1. The molecule has 1 aromatic carbocycles. The lowest BCUT2D eigenvalue weighted by molar-refractivity contribution is 0.558. The lowest BCUT2D eigenvalue weighted by Crippen LogP contribution is -2.41. The molecule has 0 aromatic heterocycles. The van der Waals surface area contributed by atoms with Gasteiger partial charge in [-0.05, 0) is 24.0 Å².